The van der Waals surface area contributed by atoms with Gasteiger partial charge in [0.15, 0.2) is 0 Å². The number of nitrogens with zero attached hydrogens (tertiary/aromatic N) is 3. The lowest BCUT2D eigenvalue weighted by atomic mass is 9.84. The Bertz CT molecular complexity index is 1190. The molecule has 0 saturated carbocycles. The summed E-state index contributed by atoms with van der Waals surface area (Å²) in [6, 6.07) is 11.8. The van der Waals surface area contributed by atoms with Gasteiger partial charge in [-0.15, -0.1) is 11.3 Å². The van der Waals surface area contributed by atoms with Crippen LogP contribution in [0, 0.1) is 0 Å². The molecule has 0 bridgehead atoms. The molecule has 1 saturated heterocycles. The van der Waals surface area contributed by atoms with E-state index in [-0.39, 0.29) is 6.42 Å². The van der Waals surface area contributed by atoms with Crippen molar-refractivity contribution in [3.63, 3.8) is 0 Å². The van der Waals surface area contributed by atoms with Crippen molar-refractivity contribution in [2.75, 3.05) is 37.9 Å². The number of thiazole rings is 1. The van der Waals surface area contributed by atoms with Gasteiger partial charge in [-0.25, -0.2) is 10.4 Å². The topological polar surface area (TPSA) is 77.9 Å². The number of benzene rings is 2. The van der Waals surface area contributed by atoms with Crippen molar-refractivity contribution in [2.24, 2.45) is 0 Å². The Labute approximate surface area is 209 Å². The number of nitrogens with one attached hydrogen (secondary N) is 1. The molecule has 2 aliphatic heterocycles. The van der Waals surface area contributed by atoms with Crippen LogP contribution in [0.3, 0.4) is 0 Å². The highest BCUT2D eigenvalue weighted by molar-refractivity contribution is 9.10. The first-order valence-electron chi connectivity index (χ1n) is 10.8. The molecule has 1 unspecified atom stereocenters. The maximum absolute atomic E-state index is 12.0. The van der Waals surface area contributed by atoms with Crippen molar-refractivity contribution in [1.29, 1.82) is 0 Å². The van der Waals surface area contributed by atoms with E-state index in [0.29, 0.717) is 31.2 Å². The molecule has 3 aromatic rings. The number of halogens is 2. The Morgan fingerprint density at radius 2 is 2.09 bits per heavy atom. The number of carbonyl (C=O) groups is 1. The minimum atomic E-state index is -0.845. The van der Waals surface area contributed by atoms with Gasteiger partial charge in [-0.1, -0.05) is 27.5 Å². The number of anilines is 1. The molecule has 1 atom stereocenters. The number of carboxylic acids is 1. The molecule has 7 nitrogen and oxygen atoms in total. The van der Waals surface area contributed by atoms with Gasteiger partial charge in [0.25, 0.3) is 0 Å². The van der Waals surface area contributed by atoms with Crippen LogP contribution in [0.25, 0.3) is 10.2 Å². The van der Waals surface area contributed by atoms with Crippen molar-refractivity contribution >= 4 is 60.7 Å². The van der Waals surface area contributed by atoms with Gasteiger partial charge in [0, 0.05) is 34.7 Å². The third-order valence-electron chi connectivity index (χ3n) is 6.21. The maximum atomic E-state index is 12.0. The molecule has 10 heteroatoms. The van der Waals surface area contributed by atoms with Crippen LogP contribution in [0.4, 0.5) is 5.69 Å². The number of carboxylic acid groups (broad SMARTS) is 1. The molecule has 174 valence electrons. The zero-order valence-electron chi connectivity index (χ0n) is 17.9. The highest BCUT2D eigenvalue weighted by Gasteiger charge is 2.44. The molecule has 0 amide bonds. The summed E-state index contributed by atoms with van der Waals surface area (Å²) in [6.45, 7) is 4.44. The fraction of sp³-hybridized carbons (Fsp3) is 0.391. The molecule has 2 aliphatic rings. The van der Waals surface area contributed by atoms with E-state index in [9.17, 15) is 9.90 Å². The molecule has 0 aliphatic carbocycles. The predicted octanol–water partition coefficient (Wildman–Crippen LogP) is 4.63. The fourth-order valence-electron chi connectivity index (χ4n) is 4.63. The highest BCUT2D eigenvalue weighted by atomic mass is 79.9. The highest BCUT2D eigenvalue weighted by Crippen LogP contribution is 2.44. The lowest BCUT2D eigenvalue weighted by molar-refractivity contribution is -0.139. The monoisotopic (exact) mass is 550 g/mol. The smallest absolute Gasteiger partial charge is 0.305 e. The molecule has 1 fully saturated rings. The second kappa shape index (κ2) is 9.48. The van der Waals surface area contributed by atoms with Crippen molar-refractivity contribution in [2.45, 2.75) is 24.9 Å². The molecular weight excluding hydrogens is 528 g/mol. The van der Waals surface area contributed by atoms with E-state index in [1.165, 1.54) is 0 Å². The summed E-state index contributed by atoms with van der Waals surface area (Å²) in [7, 11) is 0. The number of hydrogen-bond donors (Lipinski definition) is 2. The lowest BCUT2D eigenvalue weighted by Crippen LogP contribution is -2.49. The molecule has 0 radical (unpaired) electrons. The van der Waals surface area contributed by atoms with Crippen LogP contribution in [-0.4, -0.2) is 53.8 Å². The number of hydrazine groups is 1. The largest absolute Gasteiger partial charge is 0.481 e. The van der Waals surface area contributed by atoms with Gasteiger partial charge in [-0.3, -0.25) is 9.69 Å². The summed E-state index contributed by atoms with van der Waals surface area (Å²) in [4.78, 5) is 19.1. The van der Waals surface area contributed by atoms with Gasteiger partial charge in [-0.2, -0.15) is 0 Å². The number of ether oxygens (including phenoxy) is 1. The van der Waals surface area contributed by atoms with E-state index < -0.39 is 11.5 Å². The number of hydrogen-bond acceptors (Lipinski definition) is 7. The van der Waals surface area contributed by atoms with Gasteiger partial charge in [0.05, 0.1) is 47.6 Å². The maximum Gasteiger partial charge on any atom is 0.305 e. The molecule has 5 rings (SSSR count). The summed E-state index contributed by atoms with van der Waals surface area (Å²) in [5.74, 6) is -0.845. The Morgan fingerprint density at radius 3 is 2.88 bits per heavy atom. The van der Waals surface area contributed by atoms with E-state index >= 15 is 0 Å². The summed E-state index contributed by atoms with van der Waals surface area (Å²) in [5.41, 5.74) is 5.64. The number of rotatable bonds is 7. The molecule has 0 spiro atoms. The quantitative estimate of drug-likeness (QED) is 0.443. The SMILES string of the molecule is O=C(O)CC1(CCN2CCOCC2)NN(Cc2nc3cc(Br)ccc3s2)c2ccc(Cl)cc21. The predicted molar refractivity (Wildman–Crippen MR) is 134 cm³/mol. The van der Waals surface area contributed by atoms with Gasteiger partial charge < -0.3 is 14.9 Å². The molecule has 2 aromatic carbocycles. The van der Waals surface area contributed by atoms with Gasteiger partial charge in [0.1, 0.15) is 5.01 Å². The average Bonchev–Trinajstić information content (AvgIpc) is 3.31. The molecule has 33 heavy (non-hydrogen) atoms. The van der Waals surface area contributed by atoms with Crippen molar-refractivity contribution < 1.29 is 14.6 Å². The number of fused-ring (bicyclic) bond motifs is 2. The Balaban J connectivity index is 1.46. The van der Waals surface area contributed by atoms with E-state index in [1.807, 2.05) is 35.3 Å². The summed E-state index contributed by atoms with van der Waals surface area (Å²) in [6.07, 6.45) is 0.615. The first-order chi connectivity index (χ1) is 15.9. The first-order valence-corrected chi connectivity index (χ1v) is 12.8. The standard InChI is InChI=1S/C23H24BrClN4O3S/c24-15-1-4-20-18(11-15)26-21(33-20)14-29-19-3-2-16(25)12-17(19)23(27-29,13-22(30)31)5-6-28-7-9-32-10-8-28/h1-4,11-12,27H,5-10,13-14H2,(H,30,31). The minimum Gasteiger partial charge on any atom is -0.481 e. The van der Waals surface area contributed by atoms with Crippen LogP contribution in [0.15, 0.2) is 40.9 Å². The fourth-order valence-corrected chi connectivity index (χ4v) is 6.09. The van der Waals surface area contributed by atoms with Gasteiger partial charge in [-0.05, 0) is 42.8 Å². The van der Waals surface area contributed by atoms with Crippen LogP contribution in [-0.2, 0) is 21.6 Å². The van der Waals surface area contributed by atoms with Gasteiger partial charge >= 0.3 is 5.97 Å². The number of morpholine rings is 1. The zero-order chi connectivity index (χ0) is 23.0. The molecule has 3 heterocycles. The second-order valence-electron chi connectivity index (χ2n) is 8.44. The van der Waals surface area contributed by atoms with Gasteiger partial charge in [0.2, 0.25) is 0 Å². The third kappa shape index (κ3) is 4.89. The second-order valence-corrected chi connectivity index (χ2v) is 10.9. The van der Waals surface area contributed by atoms with Crippen molar-refractivity contribution in [1.82, 2.24) is 15.3 Å². The van der Waals surface area contributed by atoms with Crippen LogP contribution >= 0.6 is 38.9 Å². The number of aromatic nitrogens is 1. The first kappa shape index (κ1) is 23.0. The van der Waals surface area contributed by atoms with E-state index in [4.69, 9.17) is 21.3 Å². The lowest BCUT2D eigenvalue weighted by Gasteiger charge is -2.34. The average molecular weight is 552 g/mol. The molecule has 1 aromatic heterocycles. The van der Waals surface area contributed by atoms with Crippen LogP contribution in [0.5, 0.6) is 0 Å². The third-order valence-corrected chi connectivity index (χ3v) is 7.96. The minimum absolute atomic E-state index is 0.0338. The van der Waals surface area contributed by atoms with Crippen LogP contribution in [0.1, 0.15) is 23.4 Å². The van der Waals surface area contributed by atoms with E-state index in [2.05, 4.69) is 32.3 Å². The normalized spacial score (nSPS) is 21.0. The van der Waals surface area contributed by atoms with Crippen LogP contribution in [0.2, 0.25) is 5.02 Å². The Morgan fingerprint density at radius 1 is 1.27 bits per heavy atom. The van der Waals surface area contributed by atoms with Crippen molar-refractivity contribution in [3.8, 4) is 0 Å². The summed E-state index contributed by atoms with van der Waals surface area (Å²) >= 11 is 11.5. The van der Waals surface area contributed by atoms with Crippen LogP contribution < -0.4 is 10.4 Å². The Kier molecular flexibility index (Phi) is 6.61. The zero-order valence-corrected chi connectivity index (χ0v) is 21.0. The Hall–Kier alpha value is -1.75. The summed E-state index contributed by atoms with van der Waals surface area (Å²) < 4.78 is 7.58. The molecular formula is C23H24BrClN4O3S. The van der Waals surface area contributed by atoms with E-state index in [0.717, 1.165) is 50.6 Å². The van der Waals surface area contributed by atoms with Crippen molar-refractivity contribution in [3.05, 3.63) is 56.5 Å². The van der Waals surface area contributed by atoms with E-state index in [1.54, 1.807) is 11.3 Å². The summed E-state index contributed by atoms with van der Waals surface area (Å²) in [5, 5.41) is 13.4. The molecule has 2 N–H and O–H groups in total. The number of aliphatic carboxylic acids is 1.